The summed E-state index contributed by atoms with van der Waals surface area (Å²) in [6, 6.07) is 23.2. The summed E-state index contributed by atoms with van der Waals surface area (Å²) in [6.45, 7) is 3.69. The van der Waals surface area contributed by atoms with Crippen molar-refractivity contribution < 1.29 is 23.1 Å². The topological polar surface area (TPSA) is 87.2 Å². The maximum atomic E-state index is 13.7. The minimum Gasteiger partial charge on any atom is -0.487 e. The minimum absolute atomic E-state index is 0.0450. The van der Waals surface area contributed by atoms with Crippen LogP contribution < -0.4 is 4.74 Å². The number of ether oxygens (including phenoxy) is 1. The number of aliphatic hydroxyl groups excluding tert-OH is 1. The molecule has 3 aromatic carbocycles. The van der Waals surface area contributed by atoms with Gasteiger partial charge >= 0.3 is 0 Å². The Bertz CT molecular complexity index is 1380. The SMILES string of the molecule is C[C@H](CO)N1C[C@H](C)[C@@H](CN(C)C(=O)c2ccccc2)Oc2cc(/C=C/c3ccccc3)ccc2S1(=O)=O. The molecule has 0 bridgehead atoms. The quantitative estimate of drug-likeness (QED) is 0.454. The molecule has 3 aromatic rings. The van der Waals surface area contributed by atoms with Crippen molar-refractivity contribution in [2.45, 2.75) is 30.9 Å². The first-order chi connectivity index (χ1) is 18.2. The highest BCUT2D eigenvalue weighted by atomic mass is 32.2. The van der Waals surface area contributed by atoms with Crippen molar-refractivity contribution in [3.05, 3.63) is 95.6 Å². The van der Waals surface area contributed by atoms with E-state index in [2.05, 4.69) is 0 Å². The fraction of sp³-hybridized carbons (Fsp3) is 0.300. The molecule has 0 aromatic heterocycles. The van der Waals surface area contributed by atoms with Gasteiger partial charge in [-0.2, -0.15) is 4.31 Å². The maximum Gasteiger partial charge on any atom is 0.253 e. The first kappa shape index (κ1) is 27.6. The molecule has 3 atom stereocenters. The molecular formula is C30H34N2O5S. The van der Waals surface area contributed by atoms with Crippen molar-refractivity contribution >= 4 is 28.1 Å². The standard InChI is InChI=1S/C30H34N2O5S/c1-22-19-32(23(2)21-33)38(35,36)29-17-16-25(15-14-24-10-6-4-7-11-24)18-27(29)37-28(22)20-31(3)30(34)26-12-8-5-9-13-26/h4-18,22-23,28,33H,19-21H2,1-3H3/b15-14+/t22-,23+,28+/m0/s1. The zero-order valence-corrected chi connectivity index (χ0v) is 22.7. The molecule has 38 heavy (non-hydrogen) atoms. The smallest absolute Gasteiger partial charge is 0.253 e. The lowest BCUT2D eigenvalue weighted by atomic mass is 10.0. The Labute approximate surface area is 225 Å². The van der Waals surface area contributed by atoms with E-state index < -0.39 is 22.2 Å². The van der Waals surface area contributed by atoms with Crippen molar-refractivity contribution in [2.75, 3.05) is 26.7 Å². The molecule has 1 N–H and O–H groups in total. The average molecular weight is 535 g/mol. The second-order valence-corrected chi connectivity index (χ2v) is 11.6. The minimum atomic E-state index is -3.94. The van der Waals surface area contributed by atoms with E-state index >= 15 is 0 Å². The van der Waals surface area contributed by atoms with Crippen LogP contribution in [0.5, 0.6) is 5.75 Å². The largest absolute Gasteiger partial charge is 0.487 e. The predicted octanol–water partition coefficient (Wildman–Crippen LogP) is 4.40. The molecule has 4 rings (SSSR count). The van der Waals surface area contributed by atoms with E-state index in [-0.39, 0.29) is 42.2 Å². The van der Waals surface area contributed by atoms with Gasteiger partial charge in [-0.15, -0.1) is 0 Å². The van der Waals surface area contributed by atoms with Gasteiger partial charge in [0, 0.05) is 31.1 Å². The highest BCUT2D eigenvalue weighted by Gasteiger charge is 2.38. The van der Waals surface area contributed by atoms with Gasteiger partial charge in [-0.3, -0.25) is 4.79 Å². The Kier molecular flexibility index (Phi) is 8.66. The second-order valence-electron chi connectivity index (χ2n) is 9.74. The molecule has 7 nitrogen and oxygen atoms in total. The van der Waals surface area contributed by atoms with Gasteiger partial charge in [-0.25, -0.2) is 8.42 Å². The third-order valence-corrected chi connectivity index (χ3v) is 8.80. The molecule has 0 fully saturated rings. The van der Waals surface area contributed by atoms with Crippen molar-refractivity contribution in [2.24, 2.45) is 5.92 Å². The molecule has 0 aliphatic carbocycles. The first-order valence-corrected chi connectivity index (χ1v) is 14.1. The van der Waals surface area contributed by atoms with Gasteiger partial charge in [0.05, 0.1) is 13.2 Å². The van der Waals surface area contributed by atoms with Crippen LogP contribution in [-0.4, -0.2) is 67.5 Å². The van der Waals surface area contributed by atoms with E-state index in [9.17, 15) is 18.3 Å². The van der Waals surface area contributed by atoms with Gasteiger partial charge in [0.15, 0.2) is 0 Å². The molecule has 1 heterocycles. The third-order valence-electron chi connectivity index (χ3n) is 6.78. The van der Waals surface area contributed by atoms with Crippen molar-refractivity contribution in [3.8, 4) is 5.75 Å². The van der Waals surface area contributed by atoms with E-state index in [1.165, 1.54) is 4.31 Å². The molecule has 200 valence electrons. The average Bonchev–Trinajstić information content (AvgIpc) is 2.93. The van der Waals surface area contributed by atoms with Gasteiger partial charge < -0.3 is 14.7 Å². The van der Waals surface area contributed by atoms with Gasteiger partial charge in [-0.05, 0) is 42.3 Å². The van der Waals surface area contributed by atoms with Crippen LogP contribution in [0.15, 0.2) is 83.8 Å². The normalized spacial score (nSPS) is 20.1. The molecular weight excluding hydrogens is 500 g/mol. The summed E-state index contributed by atoms with van der Waals surface area (Å²) in [5.41, 5.74) is 2.37. The maximum absolute atomic E-state index is 13.7. The molecule has 1 amide bonds. The van der Waals surface area contributed by atoms with Crippen LogP contribution in [-0.2, 0) is 10.0 Å². The number of aliphatic hydroxyl groups is 1. The van der Waals surface area contributed by atoms with Gasteiger partial charge in [-0.1, -0.05) is 73.7 Å². The summed E-state index contributed by atoms with van der Waals surface area (Å²) in [7, 11) is -2.22. The Balaban J connectivity index is 1.70. The number of fused-ring (bicyclic) bond motifs is 1. The Hall–Kier alpha value is -3.46. The molecule has 0 unspecified atom stereocenters. The summed E-state index contributed by atoms with van der Waals surface area (Å²) in [4.78, 5) is 14.7. The third kappa shape index (κ3) is 6.15. The number of amides is 1. The van der Waals surface area contributed by atoms with E-state index in [1.807, 2.05) is 67.6 Å². The van der Waals surface area contributed by atoms with Gasteiger partial charge in [0.1, 0.15) is 16.7 Å². The second kappa shape index (κ2) is 11.9. The lowest BCUT2D eigenvalue weighted by Crippen LogP contribution is -2.50. The van der Waals surface area contributed by atoms with Crippen LogP contribution in [0.25, 0.3) is 12.2 Å². The van der Waals surface area contributed by atoms with E-state index in [0.717, 1.165) is 11.1 Å². The number of nitrogens with zero attached hydrogens (tertiary/aromatic N) is 2. The number of hydrogen-bond donors (Lipinski definition) is 1. The van der Waals surface area contributed by atoms with Crippen LogP contribution in [0.2, 0.25) is 0 Å². The van der Waals surface area contributed by atoms with E-state index in [0.29, 0.717) is 5.56 Å². The summed E-state index contributed by atoms with van der Waals surface area (Å²) < 4.78 is 35.1. The van der Waals surface area contributed by atoms with Crippen LogP contribution in [0.3, 0.4) is 0 Å². The van der Waals surface area contributed by atoms with Crippen LogP contribution in [0.1, 0.15) is 35.3 Å². The monoisotopic (exact) mass is 534 g/mol. The molecule has 0 saturated carbocycles. The molecule has 1 aliphatic heterocycles. The number of hydrogen-bond acceptors (Lipinski definition) is 5. The number of carbonyl (C=O) groups is 1. The van der Waals surface area contributed by atoms with E-state index in [1.54, 1.807) is 49.2 Å². The molecule has 0 radical (unpaired) electrons. The van der Waals surface area contributed by atoms with Crippen LogP contribution in [0.4, 0.5) is 0 Å². The number of carbonyl (C=O) groups excluding carboxylic acids is 1. The lowest BCUT2D eigenvalue weighted by molar-refractivity contribution is 0.0563. The number of sulfonamides is 1. The van der Waals surface area contributed by atoms with Crippen LogP contribution in [0, 0.1) is 5.92 Å². The lowest BCUT2D eigenvalue weighted by Gasteiger charge is -2.37. The zero-order chi connectivity index (χ0) is 27.3. The van der Waals surface area contributed by atoms with Gasteiger partial charge in [0.25, 0.3) is 5.91 Å². The van der Waals surface area contributed by atoms with Crippen molar-refractivity contribution in [1.82, 2.24) is 9.21 Å². The van der Waals surface area contributed by atoms with Gasteiger partial charge in [0.2, 0.25) is 10.0 Å². The van der Waals surface area contributed by atoms with Crippen molar-refractivity contribution in [1.29, 1.82) is 0 Å². The summed E-state index contributed by atoms with van der Waals surface area (Å²) in [5.74, 6) is -0.176. The Morgan fingerprint density at radius 2 is 1.68 bits per heavy atom. The zero-order valence-electron chi connectivity index (χ0n) is 21.9. The summed E-state index contributed by atoms with van der Waals surface area (Å²) in [6.07, 6.45) is 3.37. The predicted molar refractivity (Wildman–Crippen MR) is 149 cm³/mol. The van der Waals surface area contributed by atoms with Crippen molar-refractivity contribution in [3.63, 3.8) is 0 Å². The Morgan fingerprint density at radius 3 is 2.34 bits per heavy atom. The summed E-state index contributed by atoms with van der Waals surface area (Å²) >= 11 is 0. The number of likely N-dealkylation sites (N-methyl/N-ethyl adjacent to an activating group) is 1. The fourth-order valence-electron chi connectivity index (χ4n) is 4.47. The van der Waals surface area contributed by atoms with Crippen LogP contribution >= 0.6 is 0 Å². The molecule has 1 aliphatic rings. The molecule has 0 saturated heterocycles. The molecule has 8 heteroatoms. The van der Waals surface area contributed by atoms with E-state index in [4.69, 9.17) is 4.74 Å². The Morgan fingerprint density at radius 1 is 1.05 bits per heavy atom. The highest BCUT2D eigenvalue weighted by molar-refractivity contribution is 7.89. The summed E-state index contributed by atoms with van der Waals surface area (Å²) in [5, 5.41) is 9.85. The first-order valence-electron chi connectivity index (χ1n) is 12.7. The fourth-order valence-corrected chi connectivity index (χ4v) is 6.30. The number of benzene rings is 3. The molecule has 0 spiro atoms. The highest BCUT2D eigenvalue weighted by Crippen LogP contribution is 2.34. The number of rotatable bonds is 7.